The Balaban J connectivity index is 2.10. The number of benzene rings is 1. The monoisotopic (exact) mass is 326 g/mol. The number of hydrogen-bond donors (Lipinski definition) is 2. The summed E-state index contributed by atoms with van der Waals surface area (Å²) in [6.07, 6.45) is 2.32. The highest BCUT2D eigenvalue weighted by Gasteiger charge is 2.25. The maximum atomic E-state index is 12.0. The third-order valence-corrected chi connectivity index (χ3v) is 3.52. The molecule has 1 fully saturated rings. The van der Waals surface area contributed by atoms with Gasteiger partial charge in [0.1, 0.15) is 0 Å². The normalized spacial score (nSPS) is 14.0. The Morgan fingerprint density at radius 1 is 1.47 bits per heavy atom. The van der Waals surface area contributed by atoms with Crippen molar-refractivity contribution in [3.05, 3.63) is 28.2 Å². The zero-order valence-electron chi connectivity index (χ0n) is 10.5. The minimum absolute atomic E-state index is 0.0800. The molecule has 0 radical (unpaired) electrons. The molecule has 0 atom stereocenters. The fourth-order valence-electron chi connectivity index (χ4n) is 1.79. The number of rotatable bonds is 4. The molecule has 0 aliphatic heterocycles. The number of nitrogens with one attached hydrogen (secondary N) is 1. The quantitative estimate of drug-likeness (QED) is 0.893. The van der Waals surface area contributed by atoms with Gasteiger partial charge >= 0.3 is 12.0 Å². The second kappa shape index (κ2) is 5.61. The van der Waals surface area contributed by atoms with Gasteiger partial charge in [-0.05, 0) is 37.0 Å². The average molecular weight is 327 g/mol. The summed E-state index contributed by atoms with van der Waals surface area (Å²) in [5.41, 5.74) is 0.380. The van der Waals surface area contributed by atoms with Crippen LogP contribution in [0.5, 0.6) is 0 Å². The summed E-state index contributed by atoms with van der Waals surface area (Å²) >= 11 is 3.26. The predicted octanol–water partition coefficient (Wildman–Crippen LogP) is 3.02. The Labute approximate surface area is 119 Å². The van der Waals surface area contributed by atoms with Crippen LogP contribution in [0, 0.1) is 5.92 Å². The van der Waals surface area contributed by atoms with E-state index in [2.05, 4.69) is 21.2 Å². The van der Waals surface area contributed by atoms with E-state index in [4.69, 9.17) is 5.11 Å². The fraction of sp³-hybridized carbons (Fsp3) is 0.385. The molecule has 1 aromatic carbocycles. The van der Waals surface area contributed by atoms with Crippen molar-refractivity contribution in [3.8, 4) is 0 Å². The number of hydrogen-bond acceptors (Lipinski definition) is 2. The van der Waals surface area contributed by atoms with E-state index in [0.29, 0.717) is 18.2 Å². The zero-order chi connectivity index (χ0) is 14.0. The average Bonchev–Trinajstić information content (AvgIpc) is 3.12. The van der Waals surface area contributed by atoms with E-state index < -0.39 is 5.97 Å². The first-order valence-corrected chi connectivity index (χ1v) is 6.81. The lowest BCUT2D eigenvalue weighted by atomic mass is 10.2. The Morgan fingerprint density at radius 2 is 2.16 bits per heavy atom. The van der Waals surface area contributed by atoms with Crippen molar-refractivity contribution >= 4 is 33.6 Å². The number of carboxylic acid groups (broad SMARTS) is 1. The van der Waals surface area contributed by atoms with Crippen LogP contribution in [-0.2, 0) is 0 Å². The number of carboxylic acids is 1. The number of halogens is 1. The summed E-state index contributed by atoms with van der Waals surface area (Å²) in [6, 6.07) is 4.40. The Morgan fingerprint density at radius 3 is 2.74 bits per heavy atom. The van der Waals surface area contributed by atoms with Gasteiger partial charge in [-0.25, -0.2) is 9.59 Å². The van der Waals surface area contributed by atoms with Crippen LogP contribution in [0.4, 0.5) is 10.5 Å². The van der Waals surface area contributed by atoms with Crippen molar-refractivity contribution < 1.29 is 14.7 Å². The second-order valence-electron chi connectivity index (χ2n) is 4.75. The van der Waals surface area contributed by atoms with E-state index in [1.807, 2.05) is 0 Å². The molecule has 1 saturated carbocycles. The van der Waals surface area contributed by atoms with Crippen molar-refractivity contribution in [2.75, 3.05) is 18.9 Å². The van der Waals surface area contributed by atoms with E-state index in [0.717, 1.165) is 17.3 Å². The number of urea groups is 1. The fourth-order valence-corrected chi connectivity index (χ4v) is 2.15. The van der Waals surface area contributed by atoms with Gasteiger partial charge < -0.3 is 15.3 Å². The van der Waals surface area contributed by atoms with Crippen molar-refractivity contribution in [1.29, 1.82) is 0 Å². The van der Waals surface area contributed by atoms with Crippen LogP contribution in [0.25, 0.3) is 0 Å². The summed E-state index contributed by atoms with van der Waals surface area (Å²) in [6.45, 7) is 0.711. The van der Waals surface area contributed by atoms with Crippen LogP contribution in [-0.4, -0.2) is 35.6 Å². The van der Waals surface area contributed by atoms with Crippen LogP contribution in [0.15, 0.2) is 22.7 Å². The molecule has 19 heavy (non-hydrogen) atoms. The van der Waals surface area contributed by atoms with Gasteiger partial charge in [0.05, 0.1) is 11.3 Å². The summed E-state index contributed by atoms with van der Waals surface area (Å²) < 4.78 is 0.720. The molecule has 0 heterocycles. The Kier molecular flexibility index (Phi) is 4.09. The summed E-state index contributed by atoms with van der Waals surface area (Å²) in [5, 5.41) is 11.7. The molecule has 0 bridgehead atoms. The van der Waals surface area contributed by atoms with Gasteiger partial charge in [-0.3, -0.25) is 0 Å². The topological polar surface area (TPSA) is 69.6 Å². The lowest BCUT2D eigenvalue weighted by Gasteiger charge is -2.18. The summed E-state index contributed by atoms with van der Waals surface area (Å²) in [7, 11) is 1.71. The van der Waals surface area contributed by atoms with Crippen LogP contribution in [0.1, 0.15) is 23.2 Å². The zero-order valence-corrected chi connectivity index (χ0v) is 12.1. The molecule has 1 aromatic rings. The van der Waals surface area contributed by atoms with Crippen molar-refractivity contribution in [2.45, 2.75) is 12.8 Å². The minimum atomic E-state index is -1.06. The molecule has 5 nitrogen and oxygen atoms in total. The largest absolute Gasteiger partial charge is 0.478 e. The number of aromatic carboxylic acids is 1. The number of carbonyl (C=O) groups excluding carboxylic acids is 1. The van der Waals surface area contributed by atoms with Crippen molar-refractivity contribution in [3.63, 3.8) is 0 Å². The maximum absolute atomic E-state index is 12.0. The van der Waals surface area contributed by atoms with E-state index >= 15 is 0 Å². The van der Waals surface area contributed by atoms with Gasteiger partial charge in [0.25, 0.3) is 0 Å². The first kappa shape index (κ1) is 13.9. The molecule has 1 aliphatic rings. The Bertz CT molecular complexity index is 515. The minimum Gasteiger partial charge on any atom is -0.478 e. The van der Waals surface area contributed by atoms with Crippen LogP contribution in [0.3, 0.4) is 0 Å². The molecular formula is C13H15BrN2O3. The molecule has 6 heteroatoms. The highest BCUT2D eigenvalue weighted by Crippen LogP contribution is 2.29. The van der Waals surface area contributed by atoms with E-state index in [-0.39, 0.29) is 11.6 Å². The first-order chi connectivity index (χ1) is 8.97. The van der Waals surface area contributed by atoms with E-state index in [1.54, 1.807) is 24.1 Å². The first-order valence-electron chi connectivity index (χ1n) is 6.02. The number of nitrogens with zero attached hydrogens (tertiary/aromatic N) is 1. The van der Waals surface area contributed by atoms with E-state index in [9.17, 15) is 9.59 Å². The van der Waals surface area contributed by atoms with Gasteiger partial charge in [-0.1, -0.05) is 15.9 Å². The lowest BCUT2D eigenvalue weighted by Crippen LogP contribution is -2.33. The van der Waals surface area contributed by atoms with Crippen molar-refractivity contribution in [1.82, 2.24) is 4.90 Å². The lowest BCUT2D eigenvalue weighted by molar-refractivity contribution is 0.0698. The molecule has 102 valence electrons. The molecule has 2 amide bonds. The van der Waals surface area contributed by atoms with Gasteiger partial charge in [0.15, 0.2) is 0 Å². The Hall–Kier alpha value is -1.56. The van der Waals surface area contributed by atoms with Gasteiger partial charge in [0, 0.05) is 18.1 Å². The molecule has 2 rings (SSSR count). The van der Waals surface area contributed by atoms with Gasteiger partial charge in [-0.2, -0.15) is 0 Å². The molecule has 0 unspecified atom stereocenters. The van der Waals surface area contributed by atoms with Gasteiger partial charge in [-0.15, -0.1) is 0 Å². The maximum Gasteiger partial charge on any atom is 0.337 e. The number of anilines is 1. The highest BCUT2D eigenvalue weighted by atomic mass is 79.9. The van der Waals surface area contributed by atoms with Crippen LogP contribution in [0.2, 0.25) is 0 Å². The summed E-state index contributed by atoms with van der Waals surface area (Å²) in [5.74, 6) is -0.468. The van der Waals surface area contributed by atoms with Gasteiger partial charge in [0.2, 0.25) is 0 Å². The second-order valence-corrected chi connectivity index (χ2v) is 5.66. The molecule has 2 N–H and O–H groups in total. The highest BCUT2D eigenvalue weighted by molar-refractivity contribution is 9.10. The summed E-state index contributed by atoms with van der Waals surface area (Å²) in [4.78, 5) is 24.6. The van der Waals surface area contributed by atoms with Crippen molar-refractivity contribution in [2.24, 2.45) is 5.92 Å². The molecule has 0 aromatic heterocycles. The molecule has 0 saturated heterocycles. The number of carbonyl (C=O) groups is 2. The van der Waals surface area contributed by atoms with E-state index in [1.165, 1.54) is 6.07 Å². The third-order valence-electron chi connectivity index (χ3n) is 3.03. The third kappa shape index (κ3) is 3.70. The SMILES string of the molecule is CN(CC1CC1)C(=O)Nc1cc(Br)ccc1C(=O)O. The smallest absolute Gasteiger partial charge is 0.337 e. The van der Waals surface area contributed by atoms with Crippen LogP contribution >= 0.6 is 15.9 Å². The molecular weight excluding hydrogens is 312 g/mol. The standard InChI is InChI=1S/C13H15BrN2O3/c1-16(7-8-2-3-8)13(19)15-11-6-9(14)4-5-10(11)12(17)18/h4-6,8H,2-3,7H2,1H3,(H,15,19)(H,17,18). The van der Waals surface area contributed by atoms with Crippen LogP contribution < -0.4 is 5.32 Å². The predicted molar refractivity (Wildman–Crippen MR) is 75.5 cm³/mol. The number of amides is 2. The molecule has 0 spiro atoms. The molecule has 1 aliphatic carbocycles.